The molecule has 0 aliphatic rings. The van der Waals surface area contributed by atoms with Gasteiger partial charge < -0.3 is 62.9 Å². The minimum absolute atomic E-state index is 0.0191. The van der Waals surface area contributed by atoms with Crippen molar-refractivity contribution >= 4 is 41.4 Å². The number of hydrogen-bond acceptors (Lipinski definition) is 12. The van der Waals surface area contributed by atoms with Crippen LogP contribution in [0.5, 0.6) is 0 Å². The van der Waals surface area contributed by atoms with Crippen LogP contribution in [-0.4, -0.2) is 139 Å². The summed E-state index contributed by atoms with van der Waals surface area (Å²) in [5, 5.41) is 20.4. The smallest absolute Gasteiger partial charge is 0.243 e. The predicted octanol–water partition coefficient (Wildman–Crippen LogP) is 4.88. The zero-order valence-corrected chi connectivity index (χ0v) is 46.0. The van der Waals surface area contributed by atoms with Crippen molar-refractivity contribution in [2.75, 3.05) is 92.0 Å². The number of nitrogens with one attached hydrogen (secondary N) is 7. The van der Waals surface area contributed by atoms with Crippen molar-refractivity contribution in [2.24, 2.45) is 16.9 Å². The van der Waals surface area contributed by atoms with Crippen molar-refractivity contribution in [3.63, 3.8) is 0 Å². The van der Waals surface area contributed by atoms with Gasteiger partial charge in [-0.15, -0.1) is 0 Å². The first-order valence-electron chi connectivity index (χ1n) is 27.9. The summed E-state index contributed by atoms with van der Waals surface area (Å²) in [5.74, 6) is -0.745. The lowest BCUT2D eigenvalue weighted by Crippen LogP contribution is -2.58. The predicted molar refractivity (Wildman–Crippen MR) is 289 cm³/mol. The number of carbonyl (C=O) groups excluding carboxylic acids is 7. The summed E-state index contributed by atoms with van der Waals surface area (Å²) >= 11 is 0. The molecule has 0 spiro atoms. The van der Waals surface area contributed by atoms with Crippen LogP contribution in [0.1, 0.15) is 188 Å². The Balaban J connectivity index is 4.98. The molecule has 73 heavy (non-hydrogen) atoms. The molecule has 7 amide bonds. The monoisotopic (exact) mass is 1040 g/mol. The molecular weight excluding hydrogens is 935 g/mol. The van der Waals surface area contributed by atoms with E-state index in [1.165, 1.54) is 0 Å². The van der Waals surface area contributed by atoms with Gasteiger partial charge in [-0.3, -0.25) is 33.6 Å². The van der Waals surface area contributed by atoms with Crippen LogP contribution in [0.25, 0.3) is 0 Å². The Morgan fingerprint density at radius 2 is 0.726 bits per heavy atom. The maximum Gasteiger partial charge on any atom is 0.243 e. The second-order valence-corrected chi connectivity index (χ2v) is 20.2. The van der Waals surface area contributed by atoms with Gasteiger partial charge in [0, 0.05) is 77.8 Å². The first-order chi connectivity index (χ1) is 35.1. The van der Waals surface area contributed by atoms with E-state index in [2.05, 4.69) is 64.9 Å². The standard InChI is InChI=1S/C54H103N9O10/c1-5-6-7-16-24-47(65)61-38-23-39-62-51(69)30-42-73-45-54(43-71-40-28-49(67)59-36-21-32-55,44-72-41-29-50(68)60-37-22-33-56)63-52(70)26-18-13-11-9-8-10-12-17-25-46(64)57-34-19-14-15-20-35-58-48(66)27-31-53(2,3)4/h27,31H,5-26,28-30,32-45,55-56H2,1-4H3,(H,57,64)(H,58,66)(H,59,67)(H,60,68)(H,61,65)(H,62,69)(H,63,70)/b31-27+. The van der Waals surface area contributed by atoms with Gasteiger partial charge in [-0.2, -0.15) is 0 Å². The van der Waals surface area contributed by atoms with Gasteiger partial charge in [0.15, 0.2) is 0 Å². The summed E-state index contributed by atoms with van der Waals surface area (Å²) in [4.78, 5) is 87.2. The van der Waals surface area contributed by atoms with E-state index < -0.39 is 5.54 Å². The van der Waals surface area contributed by atoms with Crippen LogP contribution in [-0.2, 0) is 47.8 Å². The molecule has 19 heteroatoms. The Morgan fingerprint density at radius 3 is 1.12 bits per heavy atom. The first-order valence-corrected chi connectivity index (χ1v) is 27.9. The van der Waals surface area contributed by atoms with E-state index in [0.717, 1.165) is 96.3 Å². The van der Waals surface area contributed by atoms with E-state index in [1.54, 1.807) is 6.08 Å². The lowest BCUT2D eigenvalue weighted by Gasteiger charge is -2.34. The SMILES string of the molecule is CCCCCCC(=O)NCCCNC(=O)CCOCC(COCCC(=O)NCCCN)(COCCC(=O)NCCCN)NC(=O)CCCCCCCCCCC(=O)NCCCCCCNC(=O)/C=C/C(C)(C)C. The van der Waals surface area contributed by atoms with Gasteiger partial charge in [0.25, 0.3) is 0 Å². The Kier molecular flexibility index (Phi) is 44.8. The third-order valence-electron chi connectivity index (χ3n) is 11.6. The first kappa shape index (κ1) is 68.8. The summed E-state index contributed by atoms with van der Waals surface area (Å²) in [6.07, 6.45) is 22.5. The number of nitrogens with two attached hydrogens (primary N) is 2. The number of allylic oxidation sites excluding steroid dienone is 1. The van der Waals surface area contributed by atoms with Crippen LogP contribution >= 0.6 is 0 Å². The fourth-order valence-electron chi connectivity index (χ4n) is 7.31. The van der Waals surface area contributed by atoms with E-state index >= 15 is 0 Å². The van der Waals surface area contributed by atoms with E-state index in [-0.39, 0.29) is 112 Å². The fourth-order valence-corrected chi connectivity index (χ4v) is 7.31. The number of rotatable bonds is 50. The average molecular weight is 1040 g/mol. The Bertz CT molecular complexity index is 1460. The molecule has 0 aromatic heterocycles. The number of ether oxygens (including phenoxy) is 3. The normalized spacial score (nSPS) is 11.6. The minimum Gasteiger partial charge on any atom is -0.378 e. The van der Waals surface area contributed by atoms with Crippen molar-refractivity contribution in [3.05, 3.63) is 12.2 Å². The molecule has 19 nitrogen and oxygen atoms in total. The fraction of sp³-hybridized carbons (Fsp3) is 0.833. The topological polar surface area (TPSA) is 283 Å². The molecule has 0 unspecified atom stereocenters. The van der Waals surface area contributed by atoms with Crippen LogP contribution in [0.2, 0.25) is 0 Å². The van der Waals surface area contributed by atoms with Crippen LogP contribution in [0, 0.1) is 5.41 Å². The highest BCUT2D eigenvalue weighted by atomic mass is 16.5. The second-order valence-electron chi connectivity index (χ2n) is 20.2. The van der Waals surface area contributed by atoms with Crippen molar-refractivity contribution in [2.45, 2.75) is 194 Å². The molecule has 0 atom stereocenters. The van der Waals surface area contributed by atoms with Crippen LogP contribution in [0.4, 0.5) is 0 Å². The van der Waals surface area contributed by atoms with Gasteiger partial charge in [0.05, 0.1) is 39.6 Å². The molecular formula is C54H103N9O10. The largest absolute Gasteiger partial charge is 0.378 e. The lowest BCUT2D eigenvalue weighted by molar-refractivity contribution is -0.130. The quantitative estimate of drug-likeness (QED) is 0.0291. The molecule has 0 aliphatic heterocycles. The highest BCUT2D eigenvalue weighted by Gasteiger charge is 2.34. The highest BCUT2D eigenvalue weighted by molar-refractivity contribution is 5.87. The number of amides is 7. The molecule has 0 rings (SSSR count). The van der Waals surface area contributed by atoms with Crippen molar-refractivity contribution < 1.29 is 47.8 Å². The van der Waals surface area contributed by atoms with Gasteiger partial charge in [0.2, 0.25) is 41.4 Å². The third-order valence-corrected chi connectivity index (χ3v) is 11.6. The Hall–Kier alpha value is -4.17. The average Bonchev–Trinajstić information content (AvgIpc) is 3.35. The molecule has 0 aromatic carbocycles. The van der Waals surface area contributed by atoms with Gasteiger partial charge >= 0.3 is 0 Å². The third kappa shape index (κ3) is 47.3. The van der Waals surface area contributed by atoms with E-state index in [0.29, 0.717) is 90.9 Å². The summed E-state index contributed by atoms with van der Waals surface area (Å²) in [6, 6.07) is 0. The van der Waals surface area contributed by atoms with Gasteiger partial charge in [-0.1, -0.05) is 104 Å². The summed E-state index contributed by atoms with van der Waals surface area (Å²) in [6.45, 7) is 12.4. The molecule has 0 fully saturated rings. The summed E-state index contributed by atoms with van der Waals surface area (Å²) < 4.78 is 18.0. The summed E-state index contributed by atoms with van der Waals surface area (Å²) in [5.41, 5.74) is 9.89. The van der Waals surface area contributed by atoms with Crippen LogP contribution in [0.3, 0.4) is 0 Å². The molecule has 0 saturated carbocycles. The van der Waals surface area contributed by atoms with E-state index in [4.69, 9.17) is 25.7 Å². The second kappa shape index (κ2) is 47.5. The van der Waals surface area contributed by atoms with Crippen LogP contribution in [0.15, 0.2) is 12.2 Å². The van der Waals surface area contributed by atoms with Crippen molar-refractivity contribution in [1.29, 1.82) is 0 Å². The Labute approximate surface area is 439 Å². The van der Waals surface area contributed by atoms with Gasteiger partial charge in [-0.25, -0.2) is 0 Å². The highest BCUT2D eigenvalue weighted by Crippen LogP contribution is 2.15. The number of hydrogen-bond donors (Lipinski definition) is 9. The zero-order valence-electron chi connectivity index (χ0n) is 46.0. The van der Waals surface area contributed by atoms with E-state index in [1.807, 2.05) is 6.08 Å². The molecule has 0 bridgehead atoms. The van der Waals surface area contributed by atoms with E-state index in [9.17, 15) is 33.6 Å². The molecule has 0 aromatic rings. The maximum atomic E-state index is 13.6. The molecule has 0 radical (unpaired) electrons. The lowest BCUT2D eigenvalue weighted by atomic mass is 9.96. The molecule has 0 saturated heterocycles. The van der Waals surface area contributed by atoms with Gasteiger partial charge in [-0.05, 0) is 75.9 Å². The zero-order chi connectivity index (χ0) is 54.1. The number of carbonyl (C=O) groups is 7. The molecule has 424 valence electrons. The minimum atomic E-state index is -1.18. The number of unbranched alkanes of at least 4 members (excludes halogenated alkanes) is 13. The van der Waals surface area contributed by atoms with Gasteiger partial charge in [0.1, 0.15) is 5.54 Å². The Morgan fingerprint density at radius 1 is 0.397 bits per heavy atom. The molecule has 0 heterocycles. The maximum absolute atomic E-state index is 13.6. The molecule has 0 aliphatic carbocycles. The van der Waals surface area contributed by atoms with Crippen molar-refractivity contribution in [1.82, 2.24) is 37.2 Å². The summed E-state index contributed by atoms with van der Waals surface area (Å²) in [7, 11) is 0. The van der Waals surface area contributed by atoms with Crippen molar-refractivity contribution in [3.8, 4) is 0 Å². The van der Waals surface area contributed by atoms with Crippen LogP contribution < -0.4 is 48.7 Å². The molecule has 11 N–H and O–H groups in total.